The minimum Gasteiger partial charge on any atom is -0.396 e. The molecule has 4 nitrogen and oxygen atoms in total. The van der Waals surface area contributed by atoms with Gasteiger partial charge in [0.1, 0.15) is 0 Å². The van der Waals surface area contributed by atoms with E-state index in [1.807, 2.05) is 13.0 Å². The molecule has 1 aliphatic carbocycles. The van der Waals surface area contributed by atoms with Crippen LogP contribution in [0.1, 0.15) is 52.4 Å². The molecule has 3 fully saturated rings. The van der Waals surface area contributed by atoms with Gasteiger partial charge in [0.25, 0.3) is 0 Å². The number of fused-ring (bicyclic) bond motifs is 1. The summed E-state index contributed by atoms with van der Waals surface area (Å²) in [5.74, 6) is -1.20. The monoisotopic (exact) mass is 296 g/mol. The number of allylic oxidation sites excluding steroid dienone is 1. The second-order valence-corrected chi connectivity index (χ2v) is 7.90. The summed E-state index contributed by atoms with van der Waals surface area (Å²) < 4.78 is 6.31. The van der Waals surface area contributed by atoms with E-state index in [1.54, 1.807) is 0 Å². The van der Waals surface area contributed by atoms with Crippen molar-refractivity contribution in [2.75, 3.05) is 6.61 Å². The number of aliphatic hydroxyl groups is 3. The molecule has 0 aromatic carbocycles. The number of hydrogen-bond donors (Lipinski definition) is 3. The van der Waals surface area contributed by atoms with E-state index in [-0.39, 0.29) is 12.5 Å². The van der Waals surface area contributed by atoms with Gasteiger partial charge in [-0.15, -0.1) is 6.58 Å². The molecule has 120 valence electrons. The molecule has 0 radical (unpaired) electrons. The van der Waals surface area contributed by atoms with E-state index in [4.69, 9.17) is 4.74 Å². The first kappa shape index (κ1) is 15.5. The van der Waals surface area contributed by atoms with Crippen LogP contribution in [0.5, 0.6) is 0 Å². The first-order valence-electron chi connectivity index (χ1n) is 8.09. The van der Waals surface area contributed by atoms with Crippen molar-refractivity contribution < 1.29 is 20.1 Å². The first-order valence-corrected chi connectivity index (χ1v) is 8.09. The molecule has 1 saturated carbocycles. The van der Waals surface area contributed by atoms with Crippen molar-refractivity contribution in [3.63, 3.8) is 0 Å². The third-order valence-corrected chi connectivity index (χ3v) is 6.90. The molecule has 1 spiro atoms. The van der Waals surface area contributed by atoms with Crippen LogP contribution in [-0.2, 0) is 4.74 Å². The molecular formula is C17H28O4. The van der Waals surface area contributed by atoms with E-state index >= 15 is 0 Å². The van der Waals surface area contributed by atoms with Gasteiger partial charge in [-0.1, -0.05) is 19.9 Å². The van der Waals surface area contributed by atoms with Gasteiger partial charge in [-0.3, -0.25) is 0 Å². The minimum absolute atomic E-state index is 0.0237. The zero-order chi connectivity index (χ0) is 15.5. The molecule has 3 N–H and O–H groups in total. The Morgan fingerprint density at radius 1 is 1.29 bits per heavy atom. The molecule has 2 heterocycles. The van der Waals surface area contributed by atoms with Crippen LogP contribution < -0.4 is 0 Å². The fourth-order valence-electron chi connectivity index (χ4n) is 5.33. The molecule has 0 amide bonds. The van der Waals surface area contributed by atoms with E-state index in [0.717, 1.165) is 12.8 Å². The number of hydrogen-bond acceptors (Lipinski definition) is 4. The molecule has 3 aliphatic rings. The summed E-state index contributed by atoms with van der Waals surface area (Å²) in [6.07, 6.45) is 5.45. The van der Waals surface area contributed by atoms with Gasteiger partial charge in [-0.05, 0) is 32.1 Å². The Morgan fingerprint density at radius 2 is 2.00 bits per heavy atom. The van der Waals surface area contributed by atoms with Crippen LogP contribution in [0.3, 0.4) is 0 Å². The van der Waals surface area contributed by atoms with Gasteiger partial charge >= 0.3 is 0 Å². The lowest BCUT2D eigenvalue weighted by atomic mass is 9.54. The second-order valence-electron chi connectivity index (χ2n) is 7.90. The summed E-state index contributed by atoms with van der Waals surface area (Å²) in [7, 11) is 0. The van der Waals surface area contributed by atoms with Gasteiger partial charge in [0.15, 0.2) is 5.79 Å². The summed E-state index contributed by atoms with van der Waals surface area (Å²) in [6, 6.07) is 0. The first-order chi connectivity index (χ1) is 9.77. The van der Waals surface area contributed by atoms with E-state index < -0.39 is 28.3 Å². The fraction of sp³-hybridized carbons (Fsp3) is 0.882. The summed E-state index contributed by atoms with van der Waals surface area (Å²) in [5, 5.41) is 31.6. The van der Waals surface area contributed by atoms with Crippen LogP contribution in [0.25, 0.3) is 0 Å². The van der Waals surface area contributed by atoms with Crippen molar-refractivity contribution in [2.45, 2.75) is 69.9 Å². The smallest absolute Gasteiger partial charge is 0.172 e. The molecule has 6 atom stereocenters. The lowest BCUT2D eigenvalue weighted by Crippen LogP contribution is -2.64. The fourth-order valence-corrected chi connectivity index (χ4v) is 5.33. The van der Waals surface area contributed by atoms with Crippen molar-refractivity contribution in [1.82, 2.24) is 0 Å². The average molecular weight is 296 g/mol. The highest BCUT2D eigenvalue weighted by molar-refractivity contribution is 5.20. The normalized spacial score (nSPS) is 56.0. The molecule has 0 aromatic rings. The van der Waals surface area contributed by atoms with Crippen LogP contribution in [0.4, 0.5) is 0 Å². The SMILES string of the molecule is C=CC[C@]1(C)C[C@@]23O[C@]1(O)CC[C@]2(C)[C@H](O)CC[C@@H]3CO. The Balaban J connectivity index is 2.10. The number of ether oxygens (including phenoxy) is 1. The maximum absolute atomic E-state index is 11.1. The van der Waals surface area contributed by atoms with Crippen molar-refractivity contribution in [1.29, 1.82) is 0 Å². The predicted molar refractivity (Wildman–Crippen MR) is 79.5 cm³/mol. The van der Waals surface area contributed by atoms with Crippen molar-refractivity contribution in [2.24, 2.45) is 16.7 Å². The summed E-state index contributed by atoms with van der Waals surface area (Å²) in [6.45, 7) is 7.98. The molecule has 3 rings (SSSR count). The zero-order valence-electron chi connectivity index (χ0n) is 13.1. The third-order valence-electron chi connectivity index (χ3n) is 6.90. The second kappa shape index (κ2) is 4.54. The number of rotatable bonds is 3. The lowest BCUT2D eigenvalue weighted by Gasteiger charge is -2.59. The molecule has 0 unspecified atom stereocenters. The van der Waals surface area contributed by atoms with E-state index in [2.05, 4.69) is 13.5 Å². The largest absolute Gasteiger partial charge is 0.396 e. The summed E-state index contributed by atoms with van der Waals surface area (Å²) in [4.78, 5) is 0. The molecule has 2 aliphatic heterocycles. The Labute approximate surface area is 126 Å². The van der Waals surface area contributed by atoms with E-state index in [0.29, 0.717) is 25.7 Å². The highest BCUT2D eigenvalue weighted by Crippen LogP contribution is 2.69. The molecule has 0 aromatic heterocycles. The maximum atomic E-state index is 11.1. The van der Waals surface area contributed by atoms with Crippen LogP contribution in [0.15, 0.2) is 12.7 Å². The van der Waals surface area contributed by atoms with Gasteiger partial charge in [0.05, 0.1) is 11.7 Å². The van der Waals surface area contributed by atoms with Crippen LogP contribution >= 0.6 is 0 Å². The van der Waals surface area contributed by atoms with Crippen LogP contribution in [-0.4, -0.2) is 39.4 Å². The maximum Gasteiger partial charge on any atom is 0.172 e. The van der Waals surface area contributed by atoms with Gasteiger partial charge in [0.2, 0.25) is 0 Å². The standard InChI is InChI=1S/C17H28O4/c1-4-7-14(2)11-16-12(10-18)5-6-13(19)15(16,3)8-9-17(14,20)21-16/h4,12-13,18-20H,1,5-11H2,2-3H3/t12-,13-,14-,15-,16+,17-/m1/s1. The van der Waals surface area contributed by atoms with Crippen LogP contribution in [0, 0.1) is 16.7 Å². The molecule has 2 saturated heterocycles. The molecule has 4 heteroatoms. The lowest BCUT2D eigenvalue weighted by molar-refractivity contribution is -0.341. The van der Waals surface area contributed by atoms with Crippen molar-refractivity contribution in [3.8, 4) is 0 Å². The van der Waals surface area contributed by atoms with Crippen LogP contribution in [0.2, 0.25) is 0 Å². The highest BCUT2D eigenvalue weighted by Gasteiger charge is 2.74. The highest BCUT2D eigenvalue weighted by atomic mass is 16.7. The topological polar surface area (TPSA) is 69.9 Å². The molecule has 2 bridgehead atoms. The predicted octanol–water partition coefficient (Wildman–Crippen LogP) is 1.98. The Morgan fingerprint density at radius 3 is 2.62 bits per heavy atom. The third kappa shape index (κ3) is 1.70. The Kier molecular flexibility index (Phi) is 3.35. The molecular weight excluding hydrogens is 268 g/mol. The summed E-state index contributed by atoms with van der Waals surface area (Å²) >= 11 is 0. The van der Waals surface area contributed by atoms with Gasteiger partial charge in [0, 0.05) is 29.8 Å². The number of aliphatic hydroxyl groups excluding tert-OH is 2. The quantitative estimate of drug-likeness (QED) is 0.697. The van der Waals surface area contributed by atoms with Crippen molar-refractivity contribution >= 4 is 0 Å². The van der Waals surface area contributed by atoms with Crippen molar-refractivity contribution in [3.05, 3.63) is 12.7 Å². The Hall–Kier alpha value is -0.420. The van der Waals surface area contributed by atoms with E-state index in [1.165, 1.54) is 0 Å². The van der Waals surface area contributed by atoms with Gasteiger partial charge in [-0.2, -0.15) is 0 Å². The summed E-state index contributed by atoms with van der Waals surface area (Å²) in [5.41, 5.74) is -1.44. The minimum atomic E-state index is -1.18. The zero-order valence-corrected chi connectivity index (χ0v) is 13.1. The average Bonchev–Trinajstić information content (AvgIpc) is 2.61. The van der Waals surface area contributed by atoms with Gasteiger partial charge < -0.3 is 20.1 Å². The Bertz CT molecular complexity index is 452. The van der Waals surface area contributed by atoms with Gasteiger partial charge in [-0.25, -0.2) is 0 Å². The van der Waals surface area contributed by atoms with E-state index in [9.17, 15) is 15.3 Å². The molecule has 21 heavy (non-hydrogen) atoms.